The fourth-order valence-corrected chi connectivity index (χ4v) is 1.34. The lowest BCUT2D eigenvalue weighted by atomic mass is 10.0. The molecule has 3 N–H and O–H groups in total. The largest absolute Gasteiger partial charge is 0.389 e. The third kappa shape index (κ3) is 1.54. The molecule has 0 aromatic heterocycles. The SMILES string of the molecule is CC1=CNNC(C)=C1C(C)O. The number of nitrogens with one attached hydrogen (secondary N) is 2. The van der Waals surface area contributed by atoms with Crippen molar-refractivity contribution >= 4 is 0 Å². The van der Waals surface area contributed by atoms with E-state index in [1.54, 1.807) is 6.92 Å². The maximum atomic E-state index is 9.35. The van der Waals surface area contributed by atoms with Crippen LogP contribution in [-0.2, 0) is 0 Å². The van der Waals surface area contributed by atoms with Crippen LogP contribution in [0.5, 0.6) is 0 Å². The number of allylic oxidation sites excluding steroid dienone is 1. The smallest absolute Gasteiger partial charge is 0.0782 e. The van der Waals surface area contributed by atoms with E-state index in [4.69, 9.17) is 0 Å². The van der Waals surface area contributed by atoms with Crippen molar-refractivity contribution in [3.05, 3.63) is 23.0 Å². The second-order valence-electron chi connectivity index (χ2n) is 2.81. The van der Waals surface area contributed by atoms with Crippen LogP contribution < -0.4 is 10.9 Å². The summed E-state index contributed by atoms with van der Waals surface area (Å²) in [5.41, 5.74) is 8.87. The number of hydrogen-bond donors (Lipinski definition) is 3. The number of aliphatic hydroxyl groups excluding tert-OH is 1. The molecule has 0 fully saturated rings. The Hall–Kier alpha value is -0.960. The predicted octanol–water partition coefficient (Wildman–Crippen LogP) is 0.653. The van der Waals surface area contributed by atoms with Gasteiger partial charge in [0.25, 0.3) is 0 Å². The molecule has 0 aromatic rings. The van der Waals surface area contributed by atoms with E-state index in [0.717, 1.165) is 16.8 Å². The zero-order valence-corrected chi connectivity index (χ0v) is 7.10. The number of aliphatic hydroxyl groups is 1. The van der Waals surface area contributed by atoms with Gasteiger partial charge in [-0.2, -0.15) is 0 Å². The molecule has 0 bridgehead atoms. The highest BCUT2D eigenvalue weighted by Gasteiger charge is 2.13. The van der Waals surface area contributed by atoms with Gasteiger partial charge < -0.3 is 16.0 Å². The van der Waals surface area contributed by atoms with Gasteiger partial charge in [-0.3, -0.25) is 0 Å². The second-order valence-corrected chi connectivity index (χ2v) is 2.81. The van der Waals surface area contributed by atoms with Gasteiger partial charge in [0, 0.05) is 17.5 Å². The van der Waals surface area contributed by atoms with Gasteiger partial charge in [0.1, 0.15) is 0 Å². The lowest BCUT2D eigenvalue weighted by Gasteiger charge is -2.21. The van der Waals surface area contributed by atoms with E-state index in [2.05, 4.69) is 10.9 Å². The van der Waals surface area contributed by atoms with Crippen LogP contribution >= 0.6 is 0 Å². The van der Waals surface area contributed by atoms with Gasteiger partial charge in [0.2, 0.25) is 0 Å². The van der Waals surface area contributed by atoms with Gasteiger partial charge in [-0.05, 0) is 26.3 Å². The van der Waals surface area contributed by atoms with Crippen LogP contribution in [0, 0.1) is 0 Å². The molecule has 0 aliphatic carbocycles. The van der Waals surface area contributed by atoms with Crippen LogP contribution in [0.1, 0.15) is 20.8 Å². The quantitative estimate of drug-likeness (QED) is 0.519. The molecular weight excluding hydrogens is 140 g/mol. The molecule has 62 valence electrons. The van der Waals surface area contributed by atoms with Crippen LogP contribution in [0.15, 0.2) is 23.0 Å². The second kappa shape index (κ2) is 2.96. The fraction of sp³-hybridized carbons (Fsp3) is 0.500. The lowest BCUT2D eigenvalue weighted by Crippen LogP contribution is -2.32. The summed E-state index contributed by atoms with van der Waals surface area (Å²) in [7, 11) is 0. The first-order valence-electron chi connectivity index (χ1n) is 3.70. The summed E-state index contributed by atoms with van der Waals surface area (Å²) in [5, 5.41) is 9.35. The molecule has 1 rings (SSSR count). The molecule has 3 heteroatoms. The molecule has 0 aromatic carbocycles. The fourth-order valence-electron chi connectivity index (χ4n) is 1.34. The molecule has 1 aliphatic heterocycles. The number of hydrogen-bond acceptors (Lipinski definition) is 3. The Morgan fingerprint density at radius 2 is 2.09 bits per heavy atom. The normalized spacial score (nSPS) is 20.2. The Labute approximate surface area is 66.8 Å². The van der Waals surface area contributed by atoms with Gasteiger partial charge in [0.05, 0.1) is 6.10 Å². The van der Waals surface area contributed by atoms with Crippen molar-refractivity contribution in [2.75, 3.05) is 0 Å². The van der Waals surface area contributed by atoms with E-state index in [-0.39, 0.29) is 0 Å². The summed E-state index contributed by atoms with van der Waals surface area (Å²) in [5.74, 6) is 0. The number of hydrazine groups is 1. The van der Waals surface area contributed by atoms with Crippen molar-refractivity contribution in [1.29, 1.82) is 0 Å². The minimum Gasteiger partial charge on any atom is -0.389 e. The Morgan fingerprint density at radius 3 is 2.45 bits per heavy atom. The Kier molecular flexibility index (Phi) is 2.19. The maximum absolute atomic E-state index is 9.35. The molecule has 0 saturated carbocycles. The predicted molar refractivity (Wildman–Crippen MR) is 44.4 cm³/mol. The zero-order chi connectivity index (χ0) is 8.43. The Balaban J connectivity index is 2.94. The van der Waals surface area contributed by atoms with E-state index >= 15 is 0 Å². The standard InChI is InChI=1S/C8H14N2O/c1-5-4-9-10-6(2)8(5)7(3)11/h4,7,9-11H,1-3H3. The van der Waals surface area contributed by atoms with Crippen molar-refractivity contribution in [3.8, 4) is 0 Å². The third-order valence-corrected chi connectivity index (χ3v) is 1.79. The van der Waals surface area contributed by atoms with Crippen LogP contribution in [-0.4, -0.2) is 11.2 Å². The monoisotopic (exact) mass is 154 g/mol. The van der Waals surface area contributed by atoms with Crippen molar-refractivity contribution in [2.24, 2.45) is 0 Å². The molecule has 1 atom stereocenters. The van der Waals surface area contributed by atoms with E-state index in [1.165, 1.54) is 0 Å². The van der Waals surface area contributed by atoms with E-state index < -0.39 is 6.10 Å². The van der Waals surface area contributed by atoms with Crippen LogP contribution in [0.4, 0.5) is 0 Å². The molecule has 3 nitrogen and oxygen atoms in total. The minimum absolute atomic E-state index is 0.402. The van der Waals surface area contributed by atoms with E-state index in [0.29, 0.717) is 0 Å². The van der Waals surface area contributed by atoms with Gasteiger partial charge in [-0.15, -0.1) is 0 Å². The van der Waals surface area contributed by atoms with Crippen molar-refractivity contribution < 1.29 is 5.11 Å². The highest BCUT2D eigenvalue weighted by molar-refractivity contribution is 5.36. The van der Waals surface area contributed by atoms with E-state index in [1.807, 2.05) is 20.0 Å². The topological polar surface area (TPSA) is 44.3 Å². The summed E-state index contributed by atoms with van der Waals surface area (Å²) >= 11 is 0. The van der Waals surface area contributed by atoms with Crippen LogP contribution in [0.3, 0.4) is 0 Å². The summed E-state index contributed by atoms with van der Waals surface area (Å²) < 4.78 is 0. The van der Waals surface area contributed by atoms with Crippen molar-refractivity contribution in [3.63, 3.8) is 0 Å². The van der Waals surface area contributed by atoms with Gasteiger partial charge in [0.15, 0.2) is 0 Å². The van der Waals surface area contributed by atoms with Crippen LogP contribution in [0.2, 0.25) is 0 Å². The average Bonchev–Trinajstić information content (AvgIpc) is 1.85. The van der Waals surface area contributed by atoms with Crippen molar-refractivity contribution in [1.82, 2.24) is 10.9 Å². The summed E-state index contributed by atoms with van der Waals surface area (Å²) in [6, 6.07) is 0. The molecule has 1 heterocycles. The van der Waals surface area contributed by atoms with Crippen molar-refractivity contribution in [2.45, 2.75) is 26.9 Å². The van der Waals surface area contributed by atoms with Gasteiger partial charge in [-0.25, -0.2) is 0 Å². The maximum Gasteiger partial charge on any atom is 0.0782 e. The third-order valence-electron chi connectivity index (χ3n) is 1.79. The summed E-state index contributed by atoms with van der Waals surface area (Å²) in [6.07, 6.45) is 1.44. The Morgan fingerprint density at radius 1 is 1.45 bits per heavy atom. The summed E-state index contributed by atoms with van der Waals surface area (Å²) in [6.45, 7) is 5.67. The molecular formula is C8H14N2O. The van der Waals surface area contributed by atoms with E-state index in [9.17, 15) is 5.11 Å². The molecule has 0 saturated heterocycles. The molecule has 11 heavy (non-hydrogen) atoms. The lowest BCUT2D eigenvalue weighted by molar-refractivity contribution is 0.230. The zero-order valence-electron chi connectivity index (χ0n) is 7.10. The Bertz CT molecular complexity index is 216. The van der Waals surface area contributed by atoms with Gasteiger partial charge in [-0.1, -0.05) is 0 Å². The van der Waals surface area contributed by atoms with Crippen LogP contribution in [0.25, 0.3) is 0 Å². The first-order chi connectivity index (χ1) is 5.13. The van der Waals surface area contributed by atoms with Gasteiger partial charge >= 0.3 is 0 Å². The molecule has 0 radical (unpaired) electrons. The molecule has 0 spiro atoms. The summed E-state index contributed by atoms with van der Waals surface area (Å²) in [4.78, 5) is 0. The number of rotatable bonds is 1. The first kappa shape index (κ1) is 8.14. The molecule has 0 amide bonds. The first-order valence-corrected chi connectivity index (χ1v) is 3.70. The molecule has 1 aliphatic rings. The minimum atomic E-state index is -0.402. The average molecular weight is 154 g/mol. The molecule has 1 unspecified atom stereocenters. The highest BCUT2D eigenvalue weighted by atomic mass is 16.3. The highest BCUT2D eigenvalue weighted by Crippen LogP contribution is 2.18.